The van der Waals surface area contributed by atoms with E-state index < -0.39 is 15.9 Å². The molecule has 0 unspecified atom stereocenters. The zero-order valence-electron chi connectivity index (χ0n) is 12.1. The van der Waals surface area contributed by atoms with Gasteiger partial charge in [-0.15, -0.1) is 0 Å². The number of amides is 1. The summed E-state index contributed by atoms with van der Waals surface area (Å²) in [5.74, 6) is -0.615. The Hall–Kier alpha value is -1.92. The van der Waals surface area contributed by atoms with Crippen LogP contribution in [0.15, 0.2) is 41.3 Å². The number of nitrogens with zero attached hydrogens (tertiary/aromatic N) is 1. The highest BCUT2D eigenvalue weighted by Crippen LogP contribution is 2.15. The van der Waals surface area contributed by atoms with Gasteiger partial charge in [-0.1, -0.05) is 35.9 Å². The van der Waals surface area contributed by atoms with Crippen LogP contribution >= 0.6 is 11.6 Å². The van der Waals surface area contributed by atoms with Crippen molar-refractivity contribution < 1.29 is 13.2 Å². The molecule has 0 spiro atoms. The molecule has 0 aliphatic rings. The van der Waals surface area contributed by atoms with Crippen LogP contribution in [0.25, 0.3) is 0 Å². The number of pyridine rings is 1. The van der Waals surface area contributed by atoms with Crippen LogP contribution in [0, 0.1) is 13.8 Å². The maximum absolute atomic E-state index is 12.2. The molecule has 1 aromatic carbocycles. The number of aromatic nitrogens is 1. The third-order valence-corrected chi connectivity index (χ3v) is 4.89. The first-order valence-electron chi connectivity index (χ1n) is 6.53. The first-order chi connectivity index (χ1) is 10.3. The van der Waals surface area contributed by atoms with E-state index in [1.54, 1.807) is 44.2 Å². The summed E-state index contributed by atoms with van der Waals surface area (Å²) in [6, 6.07) is 9.70. The molecule has 0 aliphatic heterocycles. The molecule has 2 rings (SSSR count). The van der Waals surface area contributed by atoms with Gasteiger partial charge in [0.05, 0.1) is 11.3 Å². The summed E-state index contributed by atoms with van der Waals surface area (Å²) < 4.78 is 26.5. The molecule has 2 aromatic rings. The number of benzene rings is 1. The molecular formula is C15H15ClN2O3S. The molecule has 1 amide bonds. The Kier molecular flexibility index (Phi) is 4.83. The molecule has 0 saturated carbocycles. The quantitative estimate of drug-likeness (QED) is 0.868. The van der Waals surface area contributed by atoms with Crippen molar-refractivity contribution in [2.24, 2.45) is 0 Å². The fourth-order valence-corrected chi connectivity index (χ4v) is 3.44. The van der Waals surface area contributed by atoms with Gasteiger partial charge in [0.1, 0.15) is 5.15 Å². The molecular weight excluding hydrogens is 324 g/mol. The van der Waals surface area contributed by atoms with E-state index in [2.05, 4.69) is 9.71 Å². The highest BCUT2D eigenvalue weighted by molar-refractivity contribution is 7.90. The summed E-state index contributed by atoms with van der Waals surface area (Å²) in [5.41, 5.74) is 1.80. The first-order valence-corrected chi connectivity index (χ1v) is 8.39. The number of carbonyl (C=O) groups is 1. The third-order valence-electron chi connectivity index (χ3n) is 3.14. The second kappa shape index (κ2) is 6.46. The van der Waals surface area contributed by atoms with E-state index in [-0.39, 0.29) is 11.3 Å². The average Bonchev–Trinajstić information content (AvgIpc) is 2.41. The summed E-state index contributed by atoms with van der Waals surface area (Å²) in [5, 5.41) is 0.328. The standard InChI is InChI=1S/C15H15ClN2O3S/c1-10-5-3-4-6-13(10)22(20,21)18-15(19)9-12-7-8-14(16)17-11(12)2/h3-8H,9H2,1-2H3,(H,18,19). The van der Waals surface area contributed by atoms with E-state index in [1.165, 1.54) is 6.07 Å². The largest absolute Gasteiger partial charge is 0.274 e. The summed E-state index contributed by atoms with van der Waals surface area (Å²) in [6.07, 6.45) is -0.0822. The van der Waals surface area contributed by atoms with Crippen LogP contribution in [0.4, 0.5) is 0 Å². The minimum atomic E-state index is -3.88. The van der Waals surface area contributed by atoms with Crippen LogP contribution in [-0.4, -0.2) is 19.3 Å². The van der Waals surface area contributed by atoms with Gasteiger partial charge in [-0.3, -0.25) is 4.79 Å². The van der Waals surface area contributed by atoms with E-state index in [9.17, 15) is 13.2 Å². The number of hydrogen-bond acceptors (Lipinski definition) is 4. The number of sulfonamides is 1. The maximum Gasteiger partial charge on any atom is 0.264 e. The molecule has 1 aromatic heterocycles. The molecule has 1 heterocycles. The Labute approximate surface area is 134 Å². The lowest BCUT2D eigenvalue weighted by atomic mass is 10.1. The second-order valence-electron chi connectivity index (χ2n) is 4.85. The van der Waals surface area contributed by atoms with Crippen LogP contribution in [0.5, 0.6) is 0 Å². The Morgan fingerprint density at radius 2 is 1.86 bits per heavy atom. The van der Waals surface area contributed by atoms with Crippen molar-refractivity contribution in [3.05, 3.63) is 58.4 Å². The van der Waals surface area contributed by atoms with Gasteiger partial charge in [-0.05, 0) is 37.1 Å². The summed E-state index contributed by atoms with van der Waals surface area (Å²) >= 11 is 5.75. The molecule has 7 heteroatoms. The van der Waals surface area contributed by atoms with Crippen molar-refractivity contribution in [1.82, 2.24) is 9.71 Å². The fraction of sp³-hybridized carbons (Fsp3) is 0.200. The van der Waals surface area contributed by atoms with E-state index in [0.717, 1.165) is 0 Å². The van der Waals surface area contributed by atoms with Crippen LogP contribution in [0.3, 0.4) is 0 Å². The number of hydrogen-bond donors (Lipinski definition) is 1. The van der Waals surface area contributed by atoms with Gasteiger partial charge in [0.25, 0.3) is 10.0 Å². The number of aryl methyl sites for hydroxylation is 2. The van der Waals surface area contributed by atoms with Gasteiger partial charge >= 0.3 is 0 Å². The minimum Gasteiger partial charge on any atom is -0.274 e. The van der Waals surface area contributed by atoms with Crippen molar-refractivity contribution >= 4 is 27.5 Å². The van der Waals surface area contributed by atoms with Crippen molar-refractivity contribution in [2.45, 2.75) is 25.2 Å². The van der Waals surface area contributed by atoms with Crippen molar-refractivity contribution in [3.63, 3.8) is 0 Å². The lowest BCUT2D eigenvalue weighted by molar-refractivity contribution is -0.118. The van der Waals surface area contributed by atoms with E-state index in [4.69, 9.17) is 11.6 Å². The normalized spacial score (nSPS) is 11.2. The summed E-state index contributed by atoms with van der Waals surface area (Å²) in [4.78, 5) is 16.1. The summed E-state index contributed by atoms with van der Waals surface area (Å²) in [7, 11) is -3.88. The van der Waals surface area contributed by atoms with E-state index >= 15 is 0 Å². The molecule has 1 N–H and O–H groups in total. The zero-order chi connectivity index (χ0) is 16.3. The molecule has 0 aliphatic carbocycles. The SMILES string of the molecule is Cc1ccccc1S(=O)(=O)NC(=O)Cc1ccc(Cl)nc1C. The van der Waals surface area contributed by atoms with Gasteiger partial charge in [0.2, 0.25) is 5.91 Å². The van der Waals surface area contributed by atoms with Gasteiger partial charge in [0.15, 0.2) is 0 Å². The predicted octanol–water partition coefficient (Wildman–Crippen LogP) is 2.40. The second-order valence-corrected chi connectivity index (χ2v) is 6.89. The Morgan fingerprint density at radius 1 is 1.18 bits per heavy atom. The van der Waals surface area contributed by atoms with Gasteiger partial charge in [0, 0.05) is 5.69 Å². The smallest absolute Gasteiger partial charge is 0.264 e. The van der Waals surface area contributed by atoms with Crippen LogP contribution in [-0.2, 0) is 21.2 Å². The molecule has 0 atom stereocenters. The Morgan fingerprint density at radius 3 is 2.50 bits per heavy atom. The number of nitrogens with one attached hydrogen (secondary N) is 1. The van der Waals surface area contributed by atoms with E-state index in [0.29, 0.717) is 22.0 Å². The Balaban J connectivity index is 2.16. The molecule has 0 bridgehead atoms. The topological polar surface area (TPSA) is 76.1 Å². The molecule has 116 valence electrons. The molecule has 0 saturated heterocycles. The molecule has 0 fully saturated rings. The lowest BCUT2D eigenvalue weighted by Gasteiger charge is -2.10. The van der Waals surface area contributed by atoms with Crippen molar-refractivity contribution in [2.75, 3.05) is 0 Å². The zero-order valence-corrected chi connectivity index (χ0v) is 13.7. The first kappa shape index (κ1) is 16.5. The fourth-order valence-electron chi connectivity index (χ4n) is 2.02. The Bertz CT molecular complexity index is 819. The highest BCUT2D eigenvalue weighted by atomic mass is 35.5. The lowest BCUT2D eigenvalue weighted by Crippen LogP contribution is -2.32. The molecule has 0 radical (unpaired) electrons. The maximum atomic E-state index is 12.2. The van der Waals surface area contributed by atoms with Crippen molar-refractivity contribution in [3.8, 4) is 0 Å². The van der Waals surface area contributed by atoms with Crippen LogP contribution in [0.1, 0.15) is 16.8 Å². The van der Waals surface area contributed by atoms with Crippen LogP contribution in [0.2, 0.25) is 5.15 Å². The summed E-state index contributed by atoms with van der Waals surface area (Å²) in [6.45, 7) is 3.39. The van der Waals surface area contributed by atoms with Gasteiger partial charge < -0.3 is 0 Å². The number of halogens is 1. The monoisotopic (exact) mass is 338 g/mol. The van der Waals surface area contributed by atoms with Gasteiger partial charge in [-0.25, -0.2) is 18.1 Å². The molecule has 5 nitrogen and oxygen atoms in total. The van der Waals surface area contributed by atoms with Gasteiger partial charge in [-0.2, -0.15) is 0 Å². The average molecular weight is 339 g/mol. The van der Waals surface area contributed by atoms with Crippen LogP contribution < -0.4 is 4.72 Å². The highest BCUT2D eigenvalue weighted by Gasteiger charge is 2.20. The molecule has 22 heavy (non-hydrogen) atoms. The third kappa shape index (κ3) is 3.84. The van der Waals surface area contributed by atoms with E-state index in [1.807, 2.05) is 0 Å². The predicted molar refractivity (Wildman–Crippen MR) is 84.2 cm³/mol. The van der Waals surface area contributed by atoms with Crippen molar-refractivity contribution in [1.29, 1.82) is 0 Å². The number of rotatable bonds is 4. The minimum absolute atomic E-state index is 0.0822. The number of carbonyl (C=O) groups excluding carboxylic acids is 1.